The normalized spacial score (nSPS) is 12.6. The Morgan fingerprint density at radius 2 is 2.25 bits per heavy atom. The van der Waals surface area contributed by atoms with Crippen LogP contribution in [-0.2, 0) is 6.54 Å². The fourth-order valence-corrected chi connectivity index (χ4v) is 1.94. The van der Waals surface area contributed by atoms with Gasteiger partial charge in [0.15, 0.2) is 0 Å². The highest BCUT2D eigenvalue weighted by Crippen LogP contribution is 2.16. The Labute approximate surface area is 103 Å². The van der Waals surface area contributed by atoms with Crippen LogP contribution in [0.15, 0.2) is 41.1 Å². The molecular weight excluding hydrogens is 266 g/mol. The maximum atomic E-state index is 4.22. The van der Waals surface area contributed by atoms with Crippen molar-refractivity contribution in [1.82, 2.24) is 15.3 Å². The summed E-state index contributed by atoms with van der Waals surface area (Å²) >= 11 is 3.53. The maximum Gasteiger partial charge on any atom is 0.122 e. The molecule has 1 atom stereocenters. The molecule has 0 aliphatic heterocycles. The third-order valence-electron chi connectivity index (χ3n) is 2.49. The van der Waals surface area contributed by atoms with Gasteiger partial charge in [0.05, 0.1) is 6.04 Å². The molecular formula is C12H14BrN3. The van der Waals surface area contributed by atoms with Crippen molar-refractivity contribution in [2.75, 3.05) is 0 Å². The number of hydrogen-bond acceptors (Lipinski definition) is 2. The van der Waals surface area contributed by atoms with Gasteiger partial charge in [0.25, 0.3) is 0 Å². The van der Waals surface area contributed by atoms with Crippen LogP contribution in [0.4, 0.5) is 0 Å². The third-order valence-corrected chi connectivity index (χ3v) is 3.26. The van der Waals surface area contributed by atoms with Crippen LogP contribution in [-0.4, -0.2) is 9.97 Å². The lowest BCUT2D eigenvalue weighted by atomic mass is 10.2. The zero-order chi connectivity index (χ0) is 11.4. The van der Waals surface area contributed by atoms with E-state index in [-0.39, 0.29) is 6.04 Å². The van der Waals surface area contributed by atoms with E-state index in [1.165, 1.54) is 5.56 Å². The van der Waals surface area contributed by atoms with Crippen LogP contribution < -0.4 is 5.32 Å². The Balaban J connectivity index is 1.95. The van der Waals surface area contributed by atoms with E-state index in [0.29, 0.717) is 0 Å². The number of aromatic amines is 1. The summed E-state index contributed by atoms with van der Waals surface area (Å²) in [6, 6.07) is 8.44. The van der Waals surface area contributed by atoms with Gasteiger partial charge in [-0.15, -0.1) is 0 Å². The van der Waals surface area contributed by atoms with Crippen LogP contribution in [0, 0.1) is 0 Å². The maximum absolute atomic E-state index is 4.22. The van der Waals surface area contributed by atoms with Crippen LogP contribution in [0.1, 0.15) is 24.4 Å². The molecule has 0 saturated heterocycles. The van der Waals surface area contributed by atoms with Gasteiger partial charge in [0.2, 0.25) is 0 Å². The number of benzene rings is 1. The minimum absolute atomic E-state index is 0.224. The van der Waals surface area contributed by atoms with E-state index in [1.807, 2.05) is 18.3 Å². The van der Waals surface area contributed by atoms with Crippen LogP contribution >= 0.6 is 15.9 Å². The number of H-pyrrole nitrogens is 1. The SMILES string of the molecule is CC(NCc1ccccc1Br)c1ncc[nH]1. The number of hydrogen-bond donors (Lipinski definition) is 2. The quantitative estimate of drug-likeness (QED) is 0.903. The van der Waals surface area contributed by atoms with Crippen molar-refractivity contribution in [1.29, 1.82) is 0 Å². The standard InChI is InChI=1S/C12H14BrN3/c1-9(12-14-6-7-15-12)16-8-10-4-2-3-5-11(10)13/h2-7,9,16H,8H2,1H3,(H,14,15). The minimum Gasteiger partial charge on any atom is -0.347 e. The number of rotatable bonds is 4. The average Bonchev–Trinajstić information content (AvgIpc) is 2.81. The summed E-state index contributed by atoms with van der Waals surface area (Å²) < 4.78 is 1.13. The first-order valence-corrected chi connectivity index (χ1v) is 6.02. The first-order valence-electron chi connectivity index (χ1n) is 5.23. The summed E-state index contributed by atoms with van der Waals surface area (Å²) in [5.41, 5.74) is 1.25. The van der Waals surface area contributed by atoms with E-state index in [1.54, 1.807) is 6.20 Å². The summed E-state index contributed by atoms with van der Waals surface area (Å²) in [4.78, 5) is 7.32. The van der Waals surface area contributed by atoms with Gasteiger partial charge in [0.1, 0.15) is 5.82 Å². The molecule has 0 fully saturated rings. The molecule has 0 bridgehead atoms. The molecule has 16 heavy (non-hydrogen) atoms. The zero-order valence-electron chi connectivity index (χ0n) is 9.07. The minimum atomic E-state index is 0.224. The molecule has 1 aromatic carbocycles. The van der Waals surface area contributed by atoms with E-state index in [9.17, 15) is 0 Å². The van der Waals surface area contributed by atoms with Crippen molar-refractivity contribution in [3.8, 4) is 0 Å². The molecule has 2 rings (SSSR count). The molecule has 0 spiro atoms. The van der Waals surface area contributed by atoms with Crippen molar-refractivity contribution >= 4 is 15.9 Å². The first-order chi connectivity index (χ1) is 7.77. The van der Waals surface area contributed by atoms with Gasteiger partial charge in [-0.05, 0) is 18.6 Å². The molecule has 0 saturated carbocycles. The average molecular weight is 280 g/mol. The van der Waals surface area contributed by atoms with Gasteiger partial charge in [0, 0.05) is 23.4 Å². The highest BCUT2D eigenvalue weighted by atomic mass is 79.9. The predicted molar refractivity (Wildman–Crippen MR) is 68.0 cm³/mol. The molecule has 0 radical (unpaired) electrons. The summed E-state index contributed by atoms with van der Waals surface area (Å²) in [6.07, 6.45) is 3.61. The van der Waals surface area contributed by atoms with Crippen molar-refractivity contribution in [2.45, 2.75) is 19.5 Å². The van der Waals surface area contributed by atoms with Crippen LogP contribution in [0.5, 0.6) is 0 Å². The fraction of sp³-hybridized carbons (Fsp3) is 0.250. The molecule has 2 N–H and O–H groups in total. The van der Waals surface area contributed by atoms with Crippen LogP contribution in [0.25, 0.3) is 0 Å². The highest BCUT2D eigenvalue weighted by molar-refractivity contribution is 9.10. The molecule has 2 aromatic rings. The van der Waals surface area contributed by atoms with Crippen LogP contribution in [0.2, 0.25) is 0 Å². The number of imidazole rings is 1. The monoisotopic (exact) mass is 279 g/mol. The third kappa shape index (κ3) is 2.71. The topological polar surface area (TPSA) is 40.7 Å². The van der Waals surface area contributed by atoms with E-state index < -0.39 is 0 Å². The first kappa shape index (κ1) is 11.4. The van der Waals surface area contributed by atoms with Crippen molar-refractivity contribution in [3.05, 3.63) is 52.5 Å². The second-order valence-electron chi connectivity index (χ2n) is 3.67. The Kier molecular flexibility index (Phi) is 3.74. The Hall–Kier alpha value is -1.13. The Bertz CT molecular complexity index is 439. The smallest absolute Gasteiger partial charge is 0.122 e. The van der Waals surface area contributed by atoms with E-state index in [0.717, 1.165) is 16.8 Å². The summed E-state index contributed by atoms with van der Waals surface area (Å²) in [7, 11) is 0. The lowest BCUT2D eigenvalue weighted by Gasteiger charge is -2.12. The van der Waals surface area contributed by atoms with Crippen molar-refractivity contribution in [3.63, 3.8) is 0 Å². The summed E-state index contributed by atoms with van der Waals surface area (Å²) in [5.74, 6) is 0.965. The fourth-order valence-electron chi connectivity index (χ4n) is 1.52. The van der Waals surface area contributed by atoms with Crippen molar-refractivity contribution < 1.29 is 0 Å². The molecule has 1 heterocycles. The number of halogens is 1. The second kappa shape index (κ2) is 5.27. The highest BCUT2D eigenvalue weighted by Gasteiger charge is 2.07. The molecule has 1 unspecified atom stereocenters. The Morgan fingerprint density at radius 1 is 1.44 bits per heavy atom. The van der Waals surface area contributed by atoms with E-state index >= 15 is 0 Å². The molecule has 4 heteroatoms. The molecule has 0 amide bonds. The predicted octanol–water partition coefficient (Wildman–Crippen LogP) is 3.02. The summed E-state index contributed by atoms with van der Waals surface area (Å²) in [6.45, 7) is 2.92. The largest absolute Gasteiger partial charge is 0.347 e. The van der Waals surface area contributed by atoms with Gasteiger partial charge in [-0.1, -0.05) is 34.1 Å². The number of nitrogens with zero attached hydrogens (tertiary/aromatic N) is 1. The summed E-state index contributed by atoms with van der Waals surface area (Å²) in [5, 5.41) is 3.42. The van der Waals surface area contributed by atoms with Gasteiger partial charge in [-0.3, -0.25) is 0 Å². The van der Waals surface area contributed by atoms with E-state index in [4.69, 9.17) is 0 Å². The lowest BCUT2D eigenvalue weighted by Crippen LogP contribution is -2.19. The van der Waals surface area contributed by atoms with Gasteiger partial charge >= 0.3 is 0 Å². The molecule has 0 aliphatic carbocycles. The number of aromatic nitrogens is 2. The van der Waals surface area contributed by atoms with Crippen molar-refractivity contribution in [2.24, 2.45) is 0 Å². The van der Waals surface area contributed by atoms with Crippen LogP contribution in [0.3, 0.4) is 0 Å². The lowest BCUT2D eigenvalue weighted by molar-refractivity contribution is 0.550. The molecule has 84 valence electrons. The molecule has 3 nitrogen and oxygen atoms in total. The Morgan fingerprint density at radius 3 is 2.94 bits per heavy atom. The zero-order valence-corrected chi connectivity index (χ0v) is 10.7. The van der Waals surface area contributed by atoms with E-state index in [2.05, 4.69) is 50.3 Å². The second-order valence-corrected chi connectivity index (χ2v) is 4.52. The van der Waals surface area contributed by atoms with Gasteiger partial charge < -0.3 is 10.3 Å². The molecule has 1 aromatic heterocycles. The van der Waals surface area contributed by atoms with Gasteiger partial charge in [-0.25, -0.2) is 4.98 Å². The number of nitrogens with one attached hydrogen (secondary N) is 2. The van der Waals surface area contributed by atoms with Gasteiger partial charge in [-0.2, -0.15) is 0 Å². The molecule has 0 aliphatic rings.